The first-order valence-electron chi connectivity index (χ1n) is 6.93. The lowest BCUT2D eigenvalue weighted by molar-refractivity contribution is -0.114. The SMILES string of the molecule is CC(=O)Nc1ccccc1CSc1nc2cccccc-2n1. The molecule has 0 spiro atoms. The molecular formula is C17H15N3OS. The third-order valence-corrected chi connectivity index (χ3v) is 4.01. The van der Waals surface area contributed by atoms with Crippen LogP contribution in [0.15, 0.2) is 59.8 Å². The van der Waals surface area contributed by atoms with Gasteiger partial charge in [0.25, 0.3) is 0 Å². The number of thioether (sulfide) groups is 1. The topological polar surface area (TPSA) is 54.9 Å². The zero-order valence-electron chi connectivity index (χ0n) is 12.1. The monoisotopic (exact) mass is 309 g/mol. The van der Waals surface area contributed by atoms with Crippen LogP contribution in [0.4, 0.5) is 5.69 Å². The summed E-state index contributed by atoms with van der Waals surface area (Å²) in [6.45, 7) is 1.51. The predicted molar refractivity (Wildman–Crippen MR) is 89.0 cm³/mol. The molecule has 2 aliphatic rings. The molecule has 4 nitrogen and oxygen atoms in total. The van der Waals surface area contributed by atoms with Crippen molar-refractivity contribution in [2.24, 2.45) is 0 Å². The van der Waals surface area contributed by atoms with Gasteiger partial charge in [-0.05, 0) is 23.8 Å². The molecule has 22 heavy (non-hydrogen) atoms. The number of imidazole rings is 1. The highest BCUT2D eigenvalue weighted by Crippen LogP contribution is 2.28. The first-order valence-corrected chi connectivity index (χ1v) is 7.92. The van der Waals surface area contributed by atoms with Crippen LogP contribution in [0.5, 0.6) is 0 Å². The molecule has 1 N–H and O–H groups in total. The number of benzene rings is 1. The summed E-state index contributed by atoms with van der Waals surface area (Å²) >= 11 is 1.56. The van der Waals surface area contributed by atoms with Gasteiger partial charge in [0, 0.05) is 18.4 Å². The molecule has 1 aliphatic heterocycles. The summed E-state index contributed by atoms with van der Waals surface area (Å²) in [5.74, 6) is 0.638. The maximum absolute atomic E-state index is 11.2. The number of nitrogens with zero attached hydrogens (tertiary/aromatic N) is 2. The first-order chi connectivity index (χ1) is 10.7. The largest absolute Gasteiger partial charge is 0.326 e. The van der Waals surface area contributed by atoms with Gasteiger partial charge >= 0.3 is 0 Å². The molecule has 0 saturated heterocycles. The third kappa shape index (κ3) is 3.43. The Kier molecular flexibility index (Phi) is 4.34. The van der Waals surface area contributed by atoms with E-state index in [-0.39, 0.29) is 5.91 Å². The van der Waals surface area contributed by atoms with Crippen molar-refractivity contribution in [3.8, 4) is 11.4 Å². The second-order valence-corrected chi connectivity index (χ2v) is 5.76. The van der Waals surface area contributed by atoms with Gasteiger partial charge in [0.2, 0.25) is 5.91 Å². The molecule has 0 aromatic heterocycles. The van der Waals surface area contributed by atoms with Crippen molar-refractivity contribution < 1.29 is 4.79 Å². The highest BCUT2D eigenvalue weighted by molar-refractivity contribution is 7.98. The number of anilines is 1. The van der Waals surface area contributed by atoms with Crippen molar-refractivity contribution in [2.45, 2.75) is 17.8 Å². The van der Waals surface area contributed by atoms with Crippen LogP contribution in [-0.2, 0) is 10.5 Å². The molecule has 3 rings (SSSR count). The Morgan fingerprint density at radius 1 is 1.00 bits per heavy atom. The third-order valence-electron chi connectivity index (χ3n) is 3.11. The van der Waals surface area contributed by atoms with E-state index in [2.05, 4.69) is 15.3 Å². The zero-order chi connectivity index (χ0) is 15.4. The summed E-state index contributed by atoms with van der Waals surface area (Å²) in [6, 6.07) is 17.6. The number of hydrogen-bond donors (Lipinski definition) is 1. The van der Waals surface area contributed by atoms with Crippen LogP contribution in [0.3, 0.4) is 0 Å². The summed E-state index contributed by atoms with van der Waals surface area (Å²) < 4.78 is 0. The fourth-order valence-corrected chi connectivity index (χ4v) is 2.98. The Morgan fingerprint density at radius 2 is 1.64 bits per heavy atom. The Balaban J connectivity index is 1.77. The maximum Gasteiger partial charge on any atom is 0.221 e. The summed E-state index contributed by atoms with van der Waals surface area (Å²) in [6.07, 6.45) is 0. The van der Waals surface area contributed by atoms with E-state index in [1.54, 1.807) is 11.8 Å². The number of carbonyl (C=O) groups is 1. The van der Waals surface area contributed by atoms with E-state index in [1.165, 1.54) is 6.92 Å². The molecular weight excluding hydrogens is 294 g/mol. The number of para-hydroxylation sites is 1. The minimum Gasteiger partial charge on any atom is -0.326 e. The quantitative estimate of drug-likeness (QED) is 0.744. The predicted octanol–water partition coefficient (Wildman–Crippen LogP) is 3.83. The van der Waals surface area contributed by atoms with Crippen LogP contribution in [0.2, 0.25) is 0 Å². The van der Waals surface area contributed by atoms with Gasteiger partial charge in [-0.2, -0.15) is 0 Å². The minimum atomic E-state index is -0.0692. The van der Waals surface area contributed by atoms with E-state index in [1.807, 2.05) is 54.6 Å². The molecule has 0 bridgehead atoms. The number of amides is 1. The lowest BCUT2D eigenvalue weighted by Gasteiger charge is -2.08. The van der Waals surface area contributed by atoms with E-state index in [0.29, 0.717) is 5.75 Å². The van der Waals surface area contributed by atoms with Crippen LogP contribution in [0.25, 0.3) is 11.4 Å². The van der Waals surface area contributed by atoms with Crippen molar-refractivity contribution in [2.75, 3.05) is 5.32 Å². The van der Waals surface area contributed by atoms with Crippen molar-refractivity contribution in [1.29, 1.82) is 0 Å². The van der Waals surface area contributed by atoms with Gasteiger partial charge in [0.15, 0.2) is 5.16 Å². The van der Waals surface area contributed by atoms with Gasteiger partial charge in [0.1, 0.15) is 0 Å². The van der Waals surface area contributed by atoms with Crippen molar-refractivity contribution in [3.05, 3.63) is 60.2 Å². The van der Waals surface area contributed by atoms with Crippen LogP contribution in [0.1, 0.15) is 12.5 Å². The molecule has 1 aromatic rings. The smallest absolute Gasteiger partial charge is 0.221 e. The van der Waals surface area contributed by atoms with E-state index in [9.17, 15) is 4.79 Å². The van der Waals surface area contributed by atoms with Crippen LogP contribution < -0.4 is 5.32 Å². The van der Waals surface area contributed by atoms with Crippen molar-refractivity contribution >= 4 is 23.4 Å². The number of nitrogens with one attached hydrogen (secondary N) is 1. The second-order valence-electron chi connectivity index (χ2n) is 4.81. The molecule has 0 unspecified atom stereocenters. The Morgan fingerprint density at radius 3 is 2.32 bits per heavy atom. The summed E-state index contributed by atoms with van der Waals surface area (Å²) in [5.41, 5.74) is 3.68. The molecule has 1 aliphatic carbocycles. The number of carbonyl (C=O) groups excluding carboxylic acids is 1. The normalized spacial score (nSPS) is 10.6. The lowest BCUT2D eigenvalue weighted by Crippen LogP contribution is -2.07. The fraction of sp³-hybridized carbons (Fsp3) is 0.118. The highest BCUT2D eigenvalue weighted by Gasteiger charge is 2.10. The molecule has 1 amide bonds. The Labute approximate surface area is 133 Å². The first kappa shape index (κ1) is 14.5. The molecule has 0 atom stereocenters. The van der Waals surface area contributed by atoms with Crippen LogP contribution in [-0.4, -0.2) is 15.9 Å². The average molecular weight is 309 g/mol. The number of aromatic nitrogens is 2. The number of fused-ring (bicyclic) bond motifs is 1. The van der Waals surface area contributed by atoms with Crippen molar-refractivity contribution in [3.63, 3.8) is 0 Å². The van der Waals surface area contributed by atoms with Gasteiger partial charge in [0.05, 0.1) is 11.4 Å². The van der Waals surface area contributed by atoms with Gasteiger partial charge in [-0.15, -0.1) is 0 Å². The van der Waals surface area contributed by atoms with Gasteiger partial charge < -0.3 is 5.32 Å². The van der Waals surface area contributed by atoms with E-state index >= 15 is 0 Å². The molecule has 1 aromatic carbocycles. The maximum atomic E-state index is 11.2. The zero-order valence-corrected chi connectivity index (χ0v) is 12.9. The van der Waals surface area contributed by atoms with Gasteiger partial charge in [-0.25, -0.2) is 9.97 Å². The molecule has 0 radical (unpaired) electrons. The molecule has 5 heteroatoms. The summed E-state index contributed by atoms with van der Waals surface area (Å²) in [7, 11) is 0. The molecule has 110 valence electrons. The van der Waals surface area contributed by atoms with E-state index in [4.69, 9.17) is 0 Å². The average Bonchev–Trinajstić information content (AvgIpc) is 2.75. The number of hydrogen-bond acceptors (Lipinski definition) is 4. The number of rotatable bonds is 4. The van der Waals surface area contributed by atoms with Crippen LogP contribution >= 0.6 is 11.8 Å². The molecule has 0 saturated carbocycles. The fourth-order valence-electron chi connectivity index (χ4n) is 2.11. The highest BCUT2D eigenvalue weighted by atomic mass is 32.2. The summed E-state index contributed by atoms with van der Waals surface area (Å²) in [5, 5.41) is 3.60. The van der Waals surface area contributed by atoms with Crippen LogP contribution in [0, 0.1) is 0 Å². The van der Waals surface area contributed by atoms with Crippen molar-refractivity contribution in [1.82, 2.24) is 9.97 Å². The Bertz CT molecular complexity index is 745. The Hall–Kier alpha value is -2.40. The summed E-state index contributed by atoms with van der Waals surface area (Å²) in [4.78, 5) is 20.3. The standard InChI is InChI=1S/C17H15N3OS/c1-12(21)18-14-8-6-5-7-13(14)11-22-17-19-15-9-3-2-4-10-16(15)20-17/h2-10H,11H2,1H3,(H,18,21). The lowest BCUT2D eigenvalue weighted by atomic mass is 10.2. The van der Waals surface area contributed by atoms with E-state index in [0.717, 1.165) is 27.8 Å². The van der Waals surface area contributed by atoms with E-state index < -0.39 is 0 Å². The van der Waals surface area contributed by atoms with Gasteiger partial charge in [-0.1, -0.05) is 48.2 Å². The minimum absolute atomic E-state index is 0.0692. The molecule has 0 fully saturated rings. The molecule has 1 heterocycles. The van der Waals surface area contributed by atoms with Gasteiger partial charge in [-0.3, -0.25) is 4.79 Å². The second kappa shape index (κ2) is 6.58.